The highest BCUT2D eigenvalue weighted by molar-refractivity contribution is 7.87. The number of hydrogen-bond acceptors (Lipinski definition) is 23. The van der Waals surface area contributed by atoms with Gasteiger partial charge in [0.1, 0.15) is 52.6 Å². The number of fused-ring (bicyclic) bond motifs is 2. The van der Waals surface area contributed by atoms with E-state index in [2.05, 4.69) is 50.7 Å². The number of azo groups is 2. The minimum atomic E-state index is -5.14. The van der Waals surface area contributed by atoms with Crippen molar-refractivity contribution in [3.8, 4) is 0 Å². The molecule has 27 heteroatoms. The summed E-state index contributed by atoms with van der Waals surface area (Å²) in [6, 6.07) is 9.26. The molecule has 0 amide bonds. The minimum absolute atomic E-state index is 0.0163. The molecule has 7 rings (SSSR count). The molecule has 1 heterocycles. The van der Waals surface area contributed by atoms with E-state index in [1.165, 1.54) is 12.1 Å². The van der Waals surface area contributed by atoms with Gasteiger partial charge in [-0.15, -0.1) is 0 Å². The first-order valence-electron chi connectivity index (χ1n) is 18.8. The maximum Gasteiger partial charge on any atom is 0.256 e. The van der Waals surface area contributed by atoms with Crippen molar-refractivity contribution in [2.45, 2.75) is 45.5 Å². The van der Waals surface area contributed by atoms with Crippen molar-refractivity contribution in [2.75, 3.05) is 18.5 Å². The van der Waals surface area contributed by atoms with Crippen molar-refractivity contribution in [1.82, 2.24) is 15.0 Å². The lowest BCUT2D eigenvalue weighted by Crippen LogP contribution is -2.11. The van der Waals surface area contributed by atoms with Crippen LogP contribution in [-0.4, -0.2) is 109 Å². The third-order valence-electron chi connectivity index (χ3n) is 9.53. The molecule has 0 saturated carbocycles. The predicted molar refractivity (Wildman–Crippen MR) is 232 cm³/mol. The van der Waals surface area contributed by atoms with E-state index in [0.29, 0.717) is 22.6 Å². The van der Waals surface area contributed by atoms with Crippen LogP contribution in [0.2, 0.25) is 0 Å². The standard InChI is InChI=1S/C39H34N10O13S4/c1-21-15-23(9-11-31(21)48-46-25-17-29-27(35(19-25)65(57,58)59)5-3-7-33(29)63(51,52)53)41-38-43-37(40-13-14-50)44-39(45-38)42-24-10-12-32(22(2)16-24)49-47-26-18-30-28(36(20-26)66(60,61)62)6-4-8-34(30)64(54,55)56/h3-12,15-20,31-32,50H,13-14H2,1-2H3,(H,51,52,53)(H,54,55,56)(H,57,58,59)(H,60,61,62)(H,40,43,44,45)/p-4. The average molecular weight is 975 g/mol. The number of aromatic nitrogens is 3. The molecule has 342 valence electrons. The quantitative estimate of drug-likeness (QED) is 0.119. The number of hydrogen-bond donors (Lipinski definition) is 2. The lowest BCUT2D eigenvalue weighted by atomic mass is 10.0. The van der Waals surface area contributed by atoms with E-state index in [4.69, 9.17) is 0 Å². The maximum atomic E-state index is 12.1. The van der Waals surface area contributed by atoms with Gasteiger partial charge < -0.3 is 28.6 Å². The first-order valence-corrected chi connectivity index (χ1v) is 24.4. The number of aliphatic hydroxyl groups excluding tert-OH is 1. The third-order valence-corrected chi connectivity index (χ3v) is 13.1. The van der Waals surface area contributed by atoms with Crippen molar-refractivity contribution in [2.24, 2.45) is 30.4 Å². The largest absolute Gasteiger partial charge is 0.744 e. The maximum absolute atomic E-state index is 12.1. The Morgan fingerprint density at radius 2 is 0.985 bits per heavy atom. The summed E-state index contributed by atoms with van der Waals surface area (Å²) in [4.78, 5) is 18.8. The summed E-state index contributed by atoms with van der Waals surface area (Å²) in [6.45, 7) is 3.16. The summed E-state index contributed by atoms with van der Waals surface area (Å²) in [5, 5.41) is 27.6. The summed E-state index contributed by atoms with van der Waals surface area (Å²) >= 11 is 0. The molecular formula is C39H30N10O13S4-4. The Kier molecular flexibility index (Phi) is 13.1. The van der Waals surface area contributed by atoms with Gasteiger partial charge in [-0.05, 0) is 85.7 Å². The second-order valence-corrected chi connectivity index (χ2v) is 19.6. The van der Waals surface area contributed by atoms with Crippen molar-refractivity contribution < 1.29 is 57.0 Å². The Morgan fingerprint density at radius 3 is 1.35 bits per heavy atom. The van der Waals surface area contributed by atoms with Gasteiger partial charge in [0, 0.05) is 28.1 Å². The molecule has 2 aliphatic carbocycles. The van der Waals surface area contributed by atoms with E-state index in [1.807, 2.05) is 0 Å². The first-order chi connectivity index (χ1) is 31.0. The average Bonchev–Trinajstić information content (AvgIpc) is 3.22. The molecule has 5 aromatic rings. The molecule has 2 unspecified atom stereocenters. The van der Waals surface area contributed by atoms with E-state index in [1.54, 1.807) is 50.3 Å². The van der Waals surface area contributed by atoms with Gasteiger partial charge in [0.2, 0.25) is 5.95 Å². The highest BCUT2D eigenvalue weighted by Crippen LogP contribution is 2.35. The highest BCUT2D eigenvalue weighted by atomic mass is 32.2. The third kappa shape index (κ3) is 10.9. The van der Waals surface area contributed by atoms with E-state index < -0.39 is 72.1 Å². The number of aliphatic hydroxyl groups is 1. The van der Waals surface area contributed by atoms with Gasteiger partial charge in [0.05, 0.1) is 49.0 Å². The van der Waals surface area contributed by atoms with E-state index in [0.717, 1.165) is 48.5 Å². The molecule has 2 atom stereocenters. The molecule has 4 aromatic carbocycles. The van der Waals surface area contributed by atoms with Gasteiger partial charge in [-0.1, -0.05) is 36.4 Å². The molecule has 1 aromatic heterocycles. The Balaban J connectivity index is 1.13. The Bertz CT molecular complexity index is 3340. The number of rotatable bonds is 13. The van der Waals surface area contributed by atoms with Crippen LogP contribution in [0.5, 0.6) is 0 Å². The number of nitrogens with one attached hydrogen (secondary N) is 1. The molecule has 0 fully saturated rings. The van der Waals surface area contributed by atoms with Crippen molar-refractivity contribution in [3.05, 3.63) is 108 Å². The number of anilines is 1. The SMILES string of the molecule is CC1=CC(=Nc2nc(N=C3C=CC(N=Nc4cc(S(=O)(=O)[O-])c5cccc(S(=O)(=O)[O-])c5c4)C(C)=C3)nc(NCCO)n2)C=CC1N=Nc1cc(S(=O)(=O)[O-])c2cccc(S(=O)(=O)[O-])c2c1. The Labute approximate surface area is 375 Å². The zero-order valence-electron chi connectivity index (χ0n) is 33.8. The van der Waals surface area contributed by atoms with Crippen LogP contribution in [0.3, 0.4) is 0 Å². The lowest BCUT2D eigenvalue weighted by molar-refractivity contribution is 0.310. The highest BCUT2D eigenvalue weighted by Gasteiger charge is 2.19. The van der Waals surface area contributed by atoms with Gasteiger partial charge in [0.25, 0.3) is 11.9 Å². The second kappa shape index (κ2) is 18.3. The molecule has 0 spiro atoms. The molecule has 2 N–H and O–H groups in total. The molecule has 0 saturated heterocycles. The Morgan fingerprint density at radius 1 is 0.576 bits per heavy atom. The van der Waals surface area contributed by atoms with Crippen molar-refractivity contribution in [3.63, 3.8) is 0 Å². The predicted octanol–water partition coefficient (Wildman–Crippen LogP) is 4.68. The second-order valence-electron chi connectivity index (χ2n) is 14.2. The molecule has 66 heavy (non-hydrogen) atoms. The molecular weight excluding hydrogens is 945 g/mol. The lowest BCUT2D eigenvalue weighted by Gasteiger charge is -2.16. The van der Waals surface area contributed by atoms with Crippen LogP contribution in [0.1, 0.15) is 13.8 Å². The number of aliphatic imine (C=N–C) groups is 2. The normalized spacial score (nSPS) is 18.5. The minimum Gasteiger partial charge on any atom is -0.744 e. The fourth-order valence-corrected chi connectivity index (χ4v) is 9.38. The fraction of sp³-hybridized carbons (Fsp3) is 0.154. The van der Waals surface area contributed by atoms with Gasteiger partial charge in [0.15, 0.2) is 0 Å². The van der Waals surface area contributed by atoms with Crippen LogP contribution in [0.4, 0.5) is 29.2 Å². The fourth-order valence-electron chi connectivity index (χ4n) is 6.59. The first kappa shape index (κ1) is 47.3. The molecule has 0 aliphatic heterocycles. The van der Waals surface area contributed by atoms with Gasteiger partial charge >= 0.3 is 0 Å². The van der Waals surface area contributed by atoms with Crippen molar-refractivity contribution in [1.29, 1.82) is 0 Å². The molecule has 0 bridgehead atoms. The van der Waals surface area contributed by atoms with Gasteiger partial charge in [-0.2, -0.15) is 35.4 Å². The van der Waals surface area contributed by atoms with Crippen LogP contribution < -0.4 is 5.32 Å². The topological polar surface area (TPSA) is 374 Å². The number of benzene rings is 4. The van der Waals surface area contributed by atoms with Crippen LogP contribution in [0, 0.1) is 0 Å². The molecule has 2 aliphatic rings. The monoisotopic (exact) mass is 974 g/mol. The molecule has 0 radical (unpaired) electrons. The van der Waals surface area contributed by atoms with Crippen LogP contribution in [0.15, 0.2) is 158 Å². The molecule has 23 nitrogen and oxygen atoms in total. The Hall–Kier alpha value is -6.69. The zero-order chi connectivity index (χ0) is 47.8. The summed E-state index contributed by atoms with van der Waals surface area (Å²) in [5.41, 5.74) is 1.41. The summed E-state index contributed by atoms with van der Waals surface area (Å²) in [5.74, 6) is -0.187. The summed E-state index contributed by atoms with van der Waals surface area (Å²) in [6.07, 6.45) is 9.50. The van der Waals surface area contributed by atoms with Gasteiger partial charge in [-0.25, -0.2) is 43.7 Å². The summed E-state index contributed by atoms with van der Waals surface area (Å²) < 4.78 is 144. The van der Waals surface area contributed by atoms with Crippen LogP contribution in [0.25, 0.3) is 21.5 Å². The van der Waals surface area contributed by atoms with Gasteiger partial charge in [-0.3, -0.25) is 0 Å². The van der Waals surface area contributed by atoms with Crippen LogP contribution >= 0.6 is 0 Å². The smallest absolute Gasteiger partial charge is 0.256 e. The number of allylic oxidation sites excluding steroid dienone is 4. The van der Waals surface area contributed by atoms with Crippen LogP contribution in [-0.2, 0) is 40.5 Å². The van der Waals surface area contributed by atoms with E-state index >= 15 is 0 Å². The summed E-state index contributed by atoms with van der Waals surface area (Å²) in [7, 11) is -20.4. The van der Waals surface area contributed by atoms with E-state index in [9.17, 15) is 57.0 Å². The van der Waals surface area contributed by atoms with Crippen molar-refractivity contribution >= 4 is 103 Å². The zero-order valence-corrected chi connectivity index (χ0v) is 37.1. The van der Waals surface area contributed by atoms with E-state index in [-0.39, 0.29) is 63.9 Å². The number of nitrogens with zero attached hydrogens (tertiary/aromatic N) is 9.